The maximum Gasteiger partial charge on any atom is 0.303 e. The molecule has 0 atom stereocenters. The molecular weight excluding hydrogens is 1130 g/mol. The molecule has 16 nitrogen and oxygen atoms in total. The number of aliphatic hydroxyl groups excluding tert-OH is 4. The second-order valence-corrected chi connectivity index (χ2v) is 31.9. The average Bonchev–Trinajstić information content (AvgIpc) is 1.000. The lowest BCUT2D eigenvalue weighted by Crippen LogP contribution is -2.37. The van der Waals surface area contributed by atoms with Crippen molar-refractivity contribution in [2.24, 2.45) is 5.41 Å². The fourth-order valence-corrected chi connectivity index (χ4v) is 9.23. The number of aromatic hydroxyl groups is 4. The Morgan fingerprint density at radius 2 is 0.371 bits per heavy atom. The van der Waals surface area contributed by atoms with Crippen LogP contribution in [0.25, 0.3) is 0 Å². The second kappa shape index (κ2) is 32.7. The summed E-state index contributed by atoms with van der Waals surface area (Å²) in [5, 5.41) is 112. The number of phenols is 4. The van der Waals surface area contributed by atoms with E-state index in [2.05, 4.69) is 166 Å². The van der Waals surface area contributed by atoms with Gasteiger partial charge in [-0.2, -0.15) is 0 Å². The van der Waals surface area contributed by atoms with Crippen molar-refractivity contribution in [3.63, 3.8) is 0 Å². The number of rotatable bonds is 16. The lowest BCUT2D eigenvalue weighted by atomic mass is 9.78. The minimum absolute atomic E-state index is 0.109. The van der Waals surface area contributed by atoms with Gasteiger partial charge in [0.15, 0.2) is 0 Å². The molecule has 0 saturated heterocycles. The van der Waals surface area contributed by atoms with E-state index < -0.39 is 55.7 Å². The van der Waals surface area contributed by atoms with Gasteiger partial charge in [-0.25, -0.2) is 0 Å². The van der Waals surface area contributed by atoms with Gasteiger partial charge in [0.25, 0.3) is 0 Å². The summed E-state index contributed by atoms with van der Waals surface area (Å²) < 4.78 is 0. The Bertz CT molecular complexity index is 2420. The van der Waals surface area contributed by atoms with Gasteiger partial charge in [0, 0.05) is 25.7 Å². The van der Waals surface area contributed by atoms with Crippen LogP contribution in [0.4, 0.5) is 0 Å². The number of carboxylic acids is 4. The molecule has 0 aliphatic rings. The van der Waals surface area contributed by atoms with Crippen LogP contribution in [0.15, 0.2) is 48.5 Å². The van der Waals surface area contributed by atoms with Gasteiger partial charge in [-0.15, -0.1) is 0 Å². The summed E-state index contributed by atoms with van der Waals surface area (Å²) in [4.78, 5) is 43.0. The number of hydrogen-bond acceptors (Lipinski definition) is 12. The summed E-state index contributed by atoms with van der Waals surface area (Å²) in [6.07, 6.45) is 2.39. The Morgan fingerprint density at radius 1 is 0.258 bits per heavy atom. The first-order chi connectivity index (χ1) is 39.9. The number of benzene rings is 4. The molecule has 0 bridgehead atoms. The monoisotopic (exact) mass is 1250 g/mol. The van der Waals surface area contributed by atoms with E-state index in [1.165, 1.54) is 0 Å². The van der Waals surface area contributed by atoms with Crippen LogP contribution in [0, 0.1) is 5.41 Å². The third kappa shape index (κ3) is 27.4. The SMILES string of the molecule is CC(C)(C)c1cc(CCC(=O)O)cc(C(C)(C)C)c1O.CC(C)(C)c1cc(CCC(=O)O)cc(C(C)(C)C)c1O.CC(C)(C)c1cc(CCC(=O)O)cc(C(C)(C)C)c1O.CC(C)(C)c1cc(CCC(=O)O)cc(C(C)(C)C)c1O.OCC(CO)(CO)CO. The van der Waals surface area contributed by atoms with Crippen LogP contribution in [0.3, 0.4) is 0 Å². The van der Waals surface area contributed by atoms with Crippen molar-refractivity contribution in [1.82, 2.24) is 0 Å². The largest absolute Gasteiger partial charge is 0.507 e. The fraction of sp³-hybridized carbons (Fsp3) is 0.616. The summed E-state index contributed by atoms with van der Waals surface area (Å²) >= 11 is 0. The first kappa shape index (κ1) is 82.8. The van der Waals surface area contributed by atoms with Crippen molar-refractivity contribution in [2.75, 3.05) is 26.4 Å². The highest BCUT2D eigenvalue weighted by molar-refractivity contribution is 5.69. The summed E-state index contributed by atoms with van der Waals surface area (Å²) in [7, 11) is 0. The molecule has 0 fully saturated rings. The summed E-state index contributed by atoms with van der Waals surface area (Å²) in [6, 6.07) is 15.5. The van der Waals surface area contributed by atoms with E-state index >= 15 is 0 Å². The molecule has 0 heterocycles. The van der Waals surface area contributed by atoms with Crippen LogP contribution >= 0.6 is 0 Å². The van der Waals surface area contributed by atoms with Gasteiger partial charge in [0.05, 0.1) is 31.8 Å². The predicted octanol–water partition coefficient (Wildman–Crippen LogP) is 14.0. The van der Waals surface area contributed by atoms with Crippen molar-refractivity contribution in [1.29, 1.82) is 0 Å². The standard InChI is InChI=1S/4C17H26O3.C5H12O4/c4*1-16(2,3)12-9-11(7-8-14(18)19)10-13(15(12)20)17(4,5)6;6-1-5(2-7,3-8)4-9/h4*9-10,20H,7-8H2,1-6H3,(H,18,19);6-9H,1-4H2. The molecule has 0 spiro atoms. The summed E-state index contributed by atoms with van der Waals surface area (Å²) in [6.45, 7) is 47.6. The van der Waals surface area contributed by atoms with Gasteiger partial charge in [-0.1, -0.05) is 215 Å². The maximum absolute atomic E-state index is 10.8. The number of carbonyl (C=O) groups is 4. The van der Waals surface area contributed by atoms with E-state index in [1.54, 1.807) is 0 Å². The van der Waals surface area contributed by atoms with E-state index in [0.29, 0.717) is 48.7 Å². The number of aliphatic hydroxyl groups is 4. The minimum atomic E-state index is -1.11. The molecule has 89 heavy (non-hydrogen) atoms. The highest BCUT2D eigenvalue weighted by atomic mass is 16.4. The molecule has 0 aliphatic heterocycles. The lowest BCUT2D eigenvalue weighted by Gasteiger charge is -2.28. The molecule has 0 saturated carbocycles. The molecule has 0 amide bonds. The topological polar surface area (TPSA) is 311 Å². The average molecular weight is 1250 g/mol. The Balaban J connectivity index is 0.00000111. The van der Waals surface area contributed by atoms with Crippen LogP contribution in [-0.4, -0.2) is 112 Å². The molecule has 16 heteroatoms. The zero-order valence-corrected chi connectivity index (χ0v) is 58.6. The van der Waals surface area contributed by atoms with Crippen molar-refractivity contribution in [3.05, 3.63) is 115 Å². The smallest absolute Gasteiger partial charge is 0.303 e. The second-order valence-electron chi connectivity index (χ2n) is 31.9. The van der Waals surface area contributed by atoms with Gasteiger partial charge < -0.3 is 61.3 Å². The van der Waals surface area contributed by atoms with Crippen molar-refractivity contribution >= 4 is 23.9 Å². The number of phenolic OH excluding ortho intramolecular Hbond substituents is 4. The fourth-order valence-electron chi connectivity index (χ4n) is 9.23. The number of aryl methyl sites for hydroxylation is 4. The molecule has 0 unspecified atom stereocenters. The first-order valence-corrected chi connectivity index (χ1v) is 30.7. The summed E-state index contributed by atoms with van der Waals surface area (Å²) in [5.74, 6) is -1.85. The number of carboxylic acid groups (broad SMARTS) is 4. The Kier molecular flexibility index (Phi) is 30.4. The molecule has 4 aromatic carbocycles. The Hall–Kier alpha value is -6.20. The van der Waals surface area contributed by atoms with Gasteiger partial charge in [0.2, 0.25) is 0 Å². The van der Waals surface area contributed by atoms with Gasteiger partial charge >= 0.3 is 23.9 Å². The summed E-state index contributed by atoms with van der Waals surface area (Å²) in [5.41, 5.74) is 8.40. The van der Waals surface area contributed by atoms with E-state index in [9.17, 15) is 39.6 Å². The zero-order valence-electron chi connectivity index (χ0n) is 58.6. The van der Waals surface area contributed by atoms with Crippen molar-refractivity contribution in [2.45, 2.75) is 261 Å². The molecule has 4 rings (SSSR count). The van der Waals surface area contributed by atoms with Crippen LogP contribution in [0.2, 0.25) is 0 Å². The Morgan fingerprint density at radius 3 is 0.438 bits per heavy atom. The normalized spacial score (nSPS) is 12.4. The van der Waals surface area contributed by atoms with Gasteiger partial charge in [0.1, 0.15) is 23.0 Å². The van der Waals surface area contributed by atoms with Gasteiger partial charge in [-0.05, 0) is 136 Å². The molecule has 0 aromatic heterocycles. The van der Waals surface area contributed by atoms with E-state index in [1.807, 2.05) is 48.5 Å². The first-order valence-electron chi connectivity index (χ1n) is 30.7. The molecule has 0 aliphatic carbocycles. The lowest BCUT2D eigenvalue weighted by molar-refractivity contribution is -0.138. The molecule has 4 aromatic rings. The Labute approximate surface area is 533 Å². The van der Waals surface area contributed by atoms with Crippen LogP contribution < -0.4 is 0 Å². The molecule has 0 radical (unpaired) electrons. The number of hydrogen-bond donors (Lipinski definition) is 12. The van der Waals surface area contributed by atoms with Crippen molar-refractivity contribution < 1.29 is 80.5 Å². The minimum Gasteiger partial charge on any atom is -0.507 e. The van der Waals surface area contributed by atoms with E-state index in [-0.39, 0.29) is 69.0 Å². The van der Waals surface area contributed by atoms with Crippen LogP contribution in [0.1, 0.15) is 259 Å². The van der Waals surface area contributed by atoms with Crippen LogP contribution in [0.5, 0.6) is 23.0 Å². The maximum atomic E-state index is 10.8. The molecule has 12 N–H and O–H groups in total. The highest BCUT2D eigenvalue weighted by Crippen LogP contribution is 2.44. The van der Waals surface area contributed by atoms with Crippen molar-refractivity contribution in [3.8, 4) is 23.0 Å². The van der Waals surface area contributed by atoms with Crippen LogP contribution in [-0.2, 0) is 88.2 Å². The quantitative estimate of drug-likeness (QED) is 0.0496. The highest BCUT2D eigenvalue weighted by Gasteiger charge is 2.31. The zero-order chi connectivity index (χ0) is 70.2. The van der Waals surface area contributed by atoms with Gasteiger partial charge in [-0.3, -0.25) is 19.2 Å². The predicted molar refractivity (Wildman–Crippen MR) is 357 cm³/mol. The van der Waals surface area contributed by atoms with E-state index in [4.69, 9.17) is 40.9 Å². The third-order valence-electron chi connectivity index (χ3n) is 15.0. The third-order valence-corrected chi connectivity index (χ3v) is 15.0. The molecule has 504 valence electrons. The molecular formula is C73H116O16. The number of aliphatic carboxylic acids is 4. The van der Waals surface area contributed by atoms with E-state index in [0.717, 1.165) is 66.8 Å².